The molecule has 0 bridgehead atoms. The van der Waals surface area contributed by atoms with Crippen LogP contribution in [0.15, 0.2) is 59.1 Å². The van der Waals surface area contributed by atoms with Crippen molar-refractivity contribution in [2.45, 2.75) is 20.5 Å². The van der Waals surface area contributed by atoms with Crippen molar-refractivity contribution in [2.24, 2.45) is 17.3 Å². The lowest BCUT2D eigenvalue weighted by Crippen LogP contribution is -2.10. The van der Waals surface area contributed by atoms with E-state index in [4.69, 9.17) is 39.5 Å². The zero-order valence-corrected chi connectivity index (χ0v) is 16.8. The van der Waals surface area contributed by atoms with E-state index in [2.05, 4.69) is 0 Å². The Balaban J connectivity index is 1.69. The molecule has 0 spiro atoms. The summed E-state index contributed by atoms with van der Waals surface area (Å²) in [5, 5.41) is 0.663. The molecule has 136 valence electrons. The molecule has 1 saturated carbocycles. The maximum Gasteiger partial charge on any atom is 0.310 e. The third-order valence-electron chi connectivity index (χ3n) is 4.97. The van der Waals surface area contributed by atoms with Crippen molar-refractivity contribution >= 4 is 40.8 Å². The second-order valence-corrected chi connectivity index (χ2v) is 8.48. The van der Waals surface area contributed by atoms with Gasteiger partial charge >= 0.3 is 5.97 Å². The maximum atomic E-state index is 12.4. The van der Waals surface area contributed by atoms with E-state index in [1.165, 1.54) is 0 Å². The minimum Gasteiger partial charge on any atom is -0.461 e. The summed E-state index contributed by atoms with van der Waals surface area (Å²) >= 11 is 17.8. The van der Waals surface area contributed by atoms with Crippen LogP contribution in [0.25, 0.3) is 11.1 Å². The lowest BCUT2D eigenvalue weighted by atomic mass is 10.0. The number of esters is 1. The molecular formula is C21H19Cl3O2. The fraction of sp³-hybridized carbons (Fsp3) is 0.286. The lowest BCUT2D eigenvalue weighted by Gasteiger charge is -2.09. The van der Waals surface area contributed by atoms with Gasteiger partial charge in [-0.3, -0.25) is 4.79 Å². The Kier molecular flexibility index (Phi) is 5.67. The van der Waals surface area contributed by atoms with Crippen molar-refractivity contribution in [1.29, 1.82) is 0 Å². The molecule has 5 heteroatoms. The molecule has 2 aromatic rings. The van der Waals surface area contributed by atoms with E-state index in [0.717, 1.165) is 16.7 Å². The van der Waals surface area contributed by atoms with Gasteiger partial charge in [0.25, 0.3) is 0 Å². The van der Waals surface area contributed by atoms with Crippen molar-refractivity contribution in [3.05, 3.63) is 69.7 Å². The van der Waals surface area contributed by atoms with Gasteiger partial charge in [0.05, 0.1) is 5.92 Å². The predicted molar refractivity (Wildman–Crippen MR) is 107 cm³/mol. The summed E-state index contributed by atoms with van der Waals surface area (Å²) in [5.74, 6) is -0.456. The van der Waals surface area contributed by atoms with Crippen LogP contribution in [0.3, 0.4) is 0 Å². The van der Waals surface area contributed by atoms with Crippen LogP contribution in [0, 0.1) is 17.3 Å². The average molecular weight is 410 g/mol. The van der Waals surface area contributed by atoms with Gasteiger partial charge in [-0.15, -0.1) is 0 Å². The number of hydrogen-bond acceptors (Lipinski definition) is 2. The fourth-order valence-electron chi connectivity index (χ4n) is 3.32. The second kappa shape index (κ2) is 7.64. The average Bonchev–Trinajstić information content (AvgIpc) is 3.14. The Hall–Kier alpha value is -1.48. The van der Waals surface area contributed by atoms with E-state index in [9.17, 15) is 4.79 Å². The highest BCUT2D eigenvalue weighted by Gasteiger charge is 2.61. The fourth-order valence-corrected chi connectivity index (χ4v) is 3.82. The van der Waals surface area contributed by atoms with Gasteiger partial charge in [0.2, 0.25) is 0 Å². The molecule has 0 aromatic heterocycles. The summed E-state index contributed by atoms with van der Waals surface area (Å²) in [6.45, 7) is 4.21. The van der Waals surface area contributed by atoms with Crippen LogP contribution in [-0.2, 0) is 16.1 Å². The molecule has 0 N–H and O–H groups in total. The van der Waals surface area contributed by atoms with Crippen LogP contribution < -0.4 is 0 Å². The number of carbonyl (C=O) groups excluding carboxylic acids is 1. The lowest BCUT2D eigenvalue weighted by molar-refractivity contribution is -0.147. The highest BCUT2D eigenvalue weighted by molar-refractivity contribution is 6.55. The first-order chi connectivity index (χ1) is 12.3. The van der Waals surface area contributed by atoms with Gasteiger partial charge in [-0.2, -0.15) is 0 Å². The van der Waals surface area contributed by atoms with E-state index in [-0.39, 0.29) is 34.3 Å². The van der Waals surface area contributed by atoms with E-state index >= 15 is 0 Å². The third kappa shape index (κ3) is 4.09. The molecule has 0 aliphatic heterocycles. The van der Waals surface area contributed by atoms with Gasteiger partial charge in [-0.05, 0) is 40.7 Å². The van der Waals surface area contributed by atoms with Crippen molar-refractivity contribution in [1.82, 2.24) is 0 Å². The highest BCUT2D eigenvalue weighted by atomic mass is 35.5. The molecule has 2 aromatic carbocycles. The molecule has 26 heavy (non-hydrogen) atoms. The van der Waals surface area contributed by atoms with Gasteiger partial charge < -0.3 is 4.74 Å². The van der Waals surface area contributed by atoms with Gasteiger partial charge in [0.1, 0.15) is 11.1 Å². The largest absolute Gasteiger partial charge is 0.461 e. The van der Waals surface area contributed by atoms with Gasteiger partial charge in [0, 0.05) is 10.6 Å². The topological polar surface area (TPSA) is 26.3 Å². The zero-order chi connectivity index (χ0) is 18.9. The quantitative estimate of drug-likeness (QED) is 0.517. The first-order valence-corrected chi connectivity index (χ1v) is 9.47. The molecule has 0 radical (unpaired) electrons. The van der Waals surface area contributed by atoms with Crippen molar-refractivity contribution in [2.75, 3.05) is 0 Å². The third-order valence-corrected chi connectivity index (χ3v) is 5.55. The van der Waals surface area contributed by atoms with E-state index in [0.29, 0.717) is 5.02 Å². The summed E-state index contributed by atoms with van der Waals surface area (Å²) in [5.41, 5.74) is 2.64. The molecule has 1 fully saturated rings. The first kappa shape index (κ1) is 19.3. The van der Waals surface area contributed by atoms with Gasteiger partial charge in [0.15, 0.2) is 0 Å². The van der Waals surface area contributed by atoms with Crippen molar-refractivity contribution in [3.8, 4) is 11.1 Å². The van der Waals surface area contributed by atoms with Crippen LogP contribution in [0.2, 0.25) is 5.02 Å². The number of hydrogen-bond donors (Lipinski definition) is 0. The van der Waals surface area contributed by atoms with E-state index in [1.807, 2.05) is 62.4 Å². The number of rotatable bonds is 5. The Morgan fingerprint density at radius 3 is 2.50 bits per heavy atom. The Labute approximate surface area is 168 Å². The minimum atomic E-state index is -0.234. The SMILES string of the molecule is CC1(C)[C@H](C(=O)OCc2ccc(Cl)c(-c3ccccc3)c2)[C@@H]1C=C(Cl)Cl. The van der Waals surface area contributed by atoms with Gasteiger partial charge in [-0.25, -0.2) is 0 Å². The summed E-state index contributed by atoms with van der Waals surface area (Å²) in [6.07, 6.45) is 1.71. The molecule has 0 saturated heterocycles. The monoisotopic (exact) mass is 408 g/mol. The van der Waals surface area contributed by atoms with Crippen LogP contribution in [0.4, 0.5) is 0 Å². The van der Waals surface area contributed by atoms with Crippen LogP contribution in [0.1, 0.15) is 19.4 Å². The molecule has 0 heterocycles. The van der Waals surface area contributed by atoms with Crippen LogP contribution in [0.5, 0.6) is 0 Å². The number of allylic oxidation sites excluding steroid dienone is 1. The first-order valence-electron chi connectivity index (χ1n) is 8.34. The standard InChI is InChI=1S/C21H19Cl3O2/c1-21(2)16(11-18(23)24)19(21)20(25)26-12-13-8-9-17(22)15(10-13)14-6-4-3-5-7-14/h3-11,16,19H,12H2,1-2H3/t16-,19-/m0/s1. The van der Waals surface area contributed by atoms with E-state index < -0.39 is 0 Å². The summed E-state index contributed by atoms with van der Waals surface area (Å²) in [4.78, 5) is 12.4. The van der Waals surface area contributed by atoms with E-state index in [1.54, 1.807) is 6.08 Å². The molecule has 2 nitrogen and oxygen atoms in total. The molecule has 1 aliphatic carbocycles. The van der Waals surface area contributed by atoms with Crippen molar-refractivity contribution in [3.63, 3.8) is 0 Å². The molecule has 0 unspecified atom stereocenters. The molecular weight excluding hydrogens is 391 g/mol. The van der Waals surface area contributed by atoms with Gasteiger partial charge in [-0.1, -0.05) is 85.0 Å². The number of carbonyl (C=O) groups is 1. The number of benzene rings is 2. The summed E-state index contributed by atoms with van der Waals surface area (Å²) < 4.78 is 5.72. The predicted octanol–water partition coefficient (Wildman–Crippen LogP) is 6.64. The Morgan fingerprint density at radius 2 is 1.85 bits per heavy atom. The van der Waals surface area contributed by atoms with Crippen LogP contribution >= 0.6 is 34.8 Å². The summed E-state index contributed by atoms with van der Waals surface area (Å²) in [7, 11) is 0. The molecule has 0 amide bonds. The Morgan fingerprint density at radius 1 is 1.15 bits per heavy atom. The minimum absolute atomic E-state index is 0.00472. The number of halogens is 3. The smallest absolute Gasteiger partial charge is 0.310 e. The zero-order valence-electron chi connectivity index (χ0n) is 14.5. The molecule has 3 rings (SSSR count). The summed E-state index contributed by atoms with van der Waals surface area (Å²) in [6, 6.07) is 15.5. The Bertz CT molecular complexity index is 840. The normalized spacial score (nSPS) is 20.3. The second-order valence-electron chi connectivity index (χ2n) is 7.07. The number of ether oxygens (including phenoxy) is 1. The van der Waals surface area contributed by atoms with Crippen LogP contribution in [-0.4, -0.2) is 5.97 Å². The molecule has 1 aliphatic rings. The maximum absolute atomic E-state index is 12.4. The van der Waals surface area contributed by atoms with Crippen molar-refractivity contribution < 1.29 is 9.53 Å². The molecule has 2 atom stereocenters. The highest BCUT2D eigenvalue weighted by Crippen LogP contribution is 2.60.